The van der Waals surface area contributed by atoms with Crippen LogP contribution in [0, 0.1) is 13.8 Å². The number of carbonyl (C=O) groups excluding carboxylic acids is 1. The Kier molecular flexibility index (Phi) is 5.93. The quantitative estimate of drug-likeness (QED) is 0.463. The molecule has 0 N–H and O–H groups in total. The first-order chi connectivity index (χ1) is 11.4. The molecule has 5 nitrogen and oxygen atoms in total. The summed E-state index contributed by atoms with van der Waals surface area (Å²) in [4.78, 5) is 22.8. The number of carbonyl (C=O) groups is 1. The molecule has 0 aliphatic carbocycles. The molecule has 0 fully saturated rings. The number of benzene rings is 1. The first-order valence-electron chi connectivity index (χ1n) is 7.60. The fourth-order valence-electron chi connectivity index (χ4n) is 1.97. The molecule has 0 radical (unpaired) electrons. The van der Waals surface area contributed by atoms with E-state index < -0.39 is 5.97 Å². The van der Waals surface area contributed by atoms with E-state index >= 15 is 0 Å². The molecule has 2 aromatic rings. The van der Waals surface area contributed by atoms with E-state index in [-0.39, 0.29) is 5.88 Å². The van der Waals surface area contributed by atoms with Gasteiger partial charge in [0.25, 0.3) is 0 Å². The molecule has 0 saturated carbocycles. The lowest BCUT2D eigenvalue weighted by Gasteiger charge is -2.11. The smallest absolute Gasteiger partial charge is 0.345 e. The molecule has 0 unspecified atom stereocenters. The molecule has 24 heavy (non-hydrogen) atoms. The normalized spacial score (nSPS) is 10.9. The largest absolute Gasteiger partial charge is 0.404 e. The van der Waals surface area contributed by atoms with Crippen molar-refractivity contribution < 1.29 is 9.53 Å². The summed E-state index contributed by atoms with van der Waals surface area (Å²) in [6.45, 7) is 6.69. The van der Waals surface area contributed by atoms with Crippen LogP contribution in [0.25, 0.3) is 0 Å². The van der Waals surface area contributed by atoms with E-state index in [0.717, 1.165) is 23.4 Å². The molecule has 1 aromatic carbocycles. The van der Waals surface area contributed by atoms with E-state index in [1.165, 1.54) is 6.20 Å². The lowest BCUT2D eigenvalue weighted by atomic mass is 10.0. The van der Waals surface area contributed by atoms with Crippen LogP contribution >= 0.6 is 11.6 Å². The maximum absolute atomic E-state index is 12.4. The fraction of sp³-hybridized carbons (Fsp3) is 0.278. The average Bonchev–Trinajstić information content (AvgIpc) is 2.56. The lowest BCUT2D eigenvalue weighted by molar-refractivity contribution is 0.0726. The van der Waals surface area contributed by atoms with Gasteiger partial charge in [-0.2, -0.15) is 0 Å². The number of halogens is 1. The van der Waals surface area contributed by atoms with E-state index in [4.69, 9.17) is 16.3 Å². The Hall–Kier alpha value is -2.40. The van der Waals surface area contributed by atoms with Crippen molar-refractivity contribution in [2.24, 2.45) is 4.99 Å². The molecule has 1 heterocycles. The molecule has 0 spiro atoms. The predicted molar refractivity (Wildman–Crippen MR) is 96.6 cm³/mol. The number of pyridine rings is 1. The molecule has 1 aromatic heterocycles. The molecule has 0 aliphatic rings. The summed E-state index contributed by atoms with van der Waals surface area (Å²) in [5.41, 5.74) is 3.02. The summed E-state index contributed by atoms with van der Waals surface area (Å²) in [7, 11) is 1.95. The lowest BCUT2D eigenvalue weighted by Crippen LogP contribution is -2.14. The number of aliphatic imine (C=N–C) groups is 1. The highest BCUT2D eigenvalue weighted by atomic mass is 35.5. The maximum atomic E-state index is 12.4. The van der Waals surface area contributed by atoms with Crippen LogP contribution in [-0.4, -0.2) is 35.8 Å². The molecule has 6 heteroatoms. The molecule has 0 amide bonds. The predicted octanol–water partition coefficient (Wildman–Crippen LogP) is 4.18. The Balaban J connectivity index is 2.21. The van der Waals surface area contributed by atoms with Crippen molar-refractivity contribution in [3.8, 4) is 5.88 Å². The van der Waals surface area contributed by atoms with Crippen molar-refractivity contribution in [1.82, 2.24) is 9.88 Å². The zero-order chi connectivity index (χ0) is 17.7. The average molecular weight is 346 g/mol. The molecular formula is C18H20ClN3O2. The van der Waals surface area contributed by atoms with Gasteiger partial charge < -0.3 is 9.64 Å². The molecular weight excluding hydrogens is 326 g/mol. The van der Waals surface area contributed by atoms with E-state index in [9.17, 15) is 4.79 Å². The van der Waals surface area contributed by atoms with Gasteiger partial charge in [0.1, 0.15) is 0 Å². The van der Waals surface area contributed by atoms with Crippen molar-refractivity contribution in [3.05, 3.63) is 52.2 Å². The first kappa shape index (κ1) is 17.9. The molecule has 0 bridgehead atoms. The van der Waals surface area contributed by atoms with E-state index in [1.807, 2.05) is 38.8 Å². The van der Waals surface area contributed by atoms with Crippen molar-refractivity contribution in [2.75, 3.05) is 13.6 Å². The standard InChI is InChI=1S/C18H20ClN3O2/c1-5-22(4)11-21-16-9-12(2)15(8-13(16)3)18(23)24-17-7-6-14(19)10-20-17/h6-11H,5H2,1-4H3. The number of rotatable bonds is 5. The zero-order valence-electron chi connectivity index (χ0n) is 14.2. The van der Waals surface area contributed by atoms with Gasteiger partial charge in [-0.15, -0.1) is 0 Å². The highest BCUT2D eigenvalue weighted by molar-refractivity contribution is 6.30. The van der Waals surface area contributed by atoms with E-state index in [1.54, 1.807) is 24.5 Å². The number of nitrogens with zero attached hydrogens (tertiary/aromatic N) is 3. The monoisotopic (exact) mass is 345 g/mol. The van der Waals surface area contributed by atoms with E-state index in [2.05, 4.69) is 9.98 Å². The number of aromatic nitrogens is 1. The fourth-order valence-corrected chi connectivity index (χ4v) is 2.09. The Morgan fingerprint density at radius 2 is 2.08 bits per heavy atom. The van der Waals surface area contributed by atoms with Gasteiger partial charge >= 0.3 is 5.97 Å². The highest BCUT2D eigenvalue weighted by Crippen LogP contribution is 2.24. The summed E-state index contributed by atoms with van der Waals surface area (Å²) >= 11 is 5.77. The van der Waals surface area contributed by atoms with E-state index in [0.29, 0.717) is 10.6 Å². The SMILES string of the molecule is CCN(C)C=Nc1cc(C)c(C(=O)Oc2ccc(Cl)cn2)cc1C. The van der Waals surface area contributed by atoms with Crippen LogP contribution in [0.1, 0.15) is 28.4 Å². The Bertz CT molecular complexity index is 758. The highest BCUT2D eigenvalue weighted by Gasteiger charge is 2.14. The third kappa shape index (κ3) is 4.55. The minimum atomic E-state index is -0.452. The van der Waals surface area contributed by atoms with Gasteiger partial charge in [-0.1, -0.05) is 11.6 Å². The Labute approximate surface area is 146 Å². The molecule has 0 saturated heterocycles. The third-order valence-electron chi connectivity index (χ3n) is 3.55. The molecule has 2 rings (SSSR count). The number of aryl methyl sites for hydroxylation is 2. The van der Waals surface area contributed by atoms with Gasteiger partial charge in [-0.3, -0.25) is 0 Å². The first-order valence-corrected chi connectivity index (χ1v) is 7.98. The third-order valence-corrected chi connectivity index (χ3v) is 3.78. The molecule has 0 aliphatic heterocycles. The molecule has 0 atom stereocenters. The topological polar surface area (TPSA) is 54.8 Å². The van der Waals surface area contributed by atoms with Crippen molar-refractivity contribution in [3.63, 3.8) is 0 Å². The Morgan fingerprint density at radius 3 is 2.71 bits per heavy atom. The minimum Gasteiger partial charge on any atom is -0.404 e. The maximum Gasteiger partial charge on any atom is 0.345 e. The van der Waals surface area contributed by atoms with Gasteiger partial charge in [0.15, 0.2) is 0 Å². The van der Waals surface area contributed by atoms with Crippen LogP contribution in [0.4, 0.5) is 5.69 Å². The van der Waals surface area contributed by atoms with Gasteiger partial charge in [-0.25, -0.2) is 14.8 Å². The van der Waals surface area contributed by atoms with Gasteiger partial charge in [0.05, 0.1) is 22.6 Å². The van der Waals surface area contributed by atoms with Gasteiger partial charge in [0, 0.05) is 25.9 Å². The number of hydrogen-bond donors (Lipinski definition) is 0. The van der Waals surface area contributed by atoms with Crippen LogP contribution in [0.15, 0.2) is 35.5 Å². The second-order valence-electron chi connectivity index (χ2n) is 5.48. The second kappa shape index (κ2) is 7.93. The van der Waals surface area contributed by atoms with Gasteiger partial charge in [0.2, 0.25) is 5.88 Å². The van der Waals surface area contributed by atoms with Crippen molar-refractivity contribution in [1.29, 1.82) is 0 Å². The number of hydrogen-bond acceptors (Lipinski definition) is 4. The summed E-state index contributed by atoms with van der Waals surface area (Å²) in [5.74, 6) is -0.236. The second-order valence-corrected chi connectivity index (χ2v) is 5.91. The zero-order valence-corrected chi connectivity index (χ0v) is 15.0. The van der Waals surface area contributed by atoms with Crippen LogP contribution < -0.4 is 4.74 Å². The van der Waals surface area contributed by atoms with Gasteiger partial charge in [-0.05, 0) is 50.1 Å². The summed E-state index contributed by atoms with van der Waals surface area (Å²) in [6, 6.07) is 6.84. The minimum absolute atomic E-state index is 0.216. The van der Waals surface area contributed by atoms with Crippen LogP contribution in [0.3, 0.4) is 0 Å². The van der Waals surface area contributed by atoms with Crippen LogP contribution in [0.2, 0.25) is 5.02 Å². The van der Waals surface area contributed by atoms with Crippen LogP contribution in [0.5, 0.6) is 5.88 Å². The van der Waals surface area contributed by atoms with Crippen LogP contribution in [-0.2, 0) is 0 Å². The number of esters is 1. The number of ether oxygens (including phenoxy) is 1. The summed E-state index contributed by atoms with van der Waals surface area (Å²) in [5, 5.41) is 0.487. The Morgan fingerprint density at radius 1 is 1.33 bits per heavy atom. The van der Waals surface area contributed by atoms with Crippen molar-refractivity contribution in [2.45, 2.75) is 20.8 Å². The summed E-state index contributed by atoms with van der Waals surface area (Å²) in [6.07, 6.45) is 3.21. The summed E-state index contributed by atoms with van der Waals surface area (Å²) < 4.78 is 5.29. The molecule has 126 valence electrons. The van der Waals surface area contributed by atoms with Crippen molar-refractivity contribution >= 4 is 29.6 Å².